The lowest BCUT2D eigenvalue weighted by Crippen LogP contribution is -2.26. The van der Waals surface area contributed by atoms with E-state index in [-0.39, 0.29) is 24.0 Å². The average molecular weight is 311 g/mol. The molecule has 0 fully saturated rings. The number of nitrogens with two attached hydrogens (primary N) is 1. The van der Waals surface area contributed by atoms with Crippen LogP contribution in [-0.2, 0) is 16.2 Å². The summed E-state index contributed by atoms with van der Waals surface area (Å²) in [6, 6.07) is 4.44. The minimum absolute atomic E-state index is 0.00571. The fourth-order valence-corrected chi connectivity index (χ4v) is 2.58. The van der Waals surface area contributed by atoms with E-state index in [1.807, 2.05) is 0 Å². The molecule has 1 unspecified atom stereocenters. The molecule has 0 aliphatic rings. The summed E-state index contributed by atoms with van der Waals surface area (Å²) in [5.41, 5.74) is -0.811. The zero-order valence-corrected chi connectivity index (χ0v) is 11.7. The van der Waals surface area contributed by atoms with Crippen molar-refractivity contribution in [1.82, 2.24) is 0 Å². The van der Waals surface area contributed by atoms with Gasteiger partial charge in [-0.05, 0) is 24.6 Å². The summed E-state index contributed by atoms with van der Waals surface area (Å²) < 4.78 is 64.7. The SMILES string of the molecule is CCC(COc1cccc(C(F)(F)F)c1)CS(N)(=O)=O. The van der Waals surface area contributed by atoms with Crippen molar-refractivity contribution in [1.29, 1.82) is 0 Å². The highest BCUT2D eigenvalue weighted by Crippen LogP contribution is 2.31. The minimum Gasteiger partial charge on any atom is -0.493 e. The van der Waals surface area contributed by atoms with Gasteiger partial charge in [-0.2, -0.15) is 13.2 Å². The van der Waals surface area contributed by atoms with Crippen LogP contribution < -0.4 is 9.88 Å². The molecule has 20 heavy (non-hydrogen) atoms. The zero-order chi connectivity index (χ0) is 15.4. The molecular formula is C12H16F3NO3S. The van der Waals surface area contributed by atoms with Gasteiger partial charge in [0, 0.05) is 5.92 Å². The Labute approximate surface area is 115 Å². The molecule has 0 aromatic heterocycles. The van der Waals surface area contributed by atoms with Crippen molar-refractivity contribution in [3.8, 4) is 5.75 Å². The zero-order valence-electron chi connectivity index (χ0n) is 10.9. The molecule has 0 spiro atoms. The van der Waals surface area contributed by atoms with E-state index in [2.05, 4.69) is 0 Å². The number of hydrogen-bond acceptors (Lipinski definition) is 3. The quantitative estimate of drug-likeness (QED) is 0.877. The van der Waals surface area contributed by atoms with Crippen LogP contribution in [0.15, 0.2) is 24.3 Å². The second kappa shape index (κ2) is 6.45. The third-order valence-corrected chi connectivity index (χ3v) is 3.63. The Hall–Kier alpha value is -1.28. The van der Waals surface area contributed by atoms with Gasteiger partial charge in [0.25, 0.3) is 0 Å². The number of ether oxygens (including phenoxy) is 1. The van der Waals surface area contributed by atoms with Crippen molar-refractivity contribution >= 4 is 10.0 Å². The van der Waals surface area contributed by atoms with Gasteiger partial charge >= 0.3 is 6.18 Å². The Morgan fingerprint density at radius 3 is 2.50 bits per heavy atom. The highest BCUT2D eigenvalue weighted by Gasteiger charge is 2.30. The number of rotatable bonds is 6. The van der Waals surface area contributed by atoms with Gasteiger partial charge in [0.15, 0.2) is 0 Å². The molecule has 0 saturated carbocycles. The molecule has 0 bridgehead atoms. The van der Waals surface area contributed by atoms with Crippen LogP contribution in [0.3, 0.4) is 0 Å². The molecule has 1 atom stereocenters. The molecule has 0 saturated heterocycles. The van der Waals surface area contributed by atoms with Gasteiger partial charge in [-0.25, -0.2) is 13.6 Å². The van der Waals surface area contributed by atoms with E-state index in [4.69, 9.17) is 9.88 Å². The lowest BCUT2D eigenvalue weighted by atomic mass is 10.1. The van der Waals surface area contributed by atoms with E-state index >= 15 is 0 Å². The molecule has 0 aliphatic heterocycles. The summed E-state index contributed by atoms with van der Waals surface area (Å²) in [6.07, 6.45) is -3.94. The first kappa shape index (κ1) is 16.8. The summed E-state index contributed by atoms with van der Waals surface area (Å²) in [4.78, 5) is 0. The Morgan fingerprint density at radius 1 is 1.35 bits per heavy atom. The summed E-state index contributed by atoms with van der Waals surface area (Å²) in [5.74, 6) is -0.574. The van der Waals surface area contributed by atoms with Crippen LogP contribution in [-0.4, -0.2) is 20.8 Å². The van der Waals surface area contributed by atoms with Gasteiger partial charge in [-0.15, -0.1) is 0 Å². The number of primary sulfonamides is 1. The average Bonchev–Trinajstić information content (AvgIpc) is 2.32. The number of benzene rings is 1. The van der Waals surface area contributed by atoms with Gasteiger partial charge in [-0.3, -0.25) is 0 Å². The van der Waals surface area contributed by atoms with Crippen LogP contribution in [0.5, 0.6) is 5.75 Å². The maximum absolute atomic E-state index is 12.5. The van der Waals surface area contributed by atoms with Gasteiger partial charge in [0.2, 0.25) is 10.0 Å². The number of hydrogen-bond donors (Lipinski definition) is 1. The molecule has 4 nitrogen and oxygen atoms in total. The second-order valence-electron chi connectivity index (χ2n) is 4.44. The summed E-state index contributed by atoms with van der Waals surface area (Å²) >= 11 is 0. The van der Waals surface area contributed by atoms with Crippen LogP contribution in [0.4, 0.5) is 13.2 Å². The molecule has 0 radical (unpaired) electrons. The Kier molecular flexibility index (Phi) is 5.41. The van der Waals surface area contributed by atoms with Crippen molar-refractivity contribution < 1.29 is 26.3 Å². The second-order valence-corrected chi connectivity index (χ2v) is 6.10. The van der Waals surface area contributed by atoms with Crippen LogP contribution >= 0.6 is 0 Å². The van der Waals surface area contributed by atoms with E-state index in [1.54, 1.807) is 6.92 Å². The molecule has 0 heterocycles. The van der Waals surface area contributed by atoms with Crippen LogP contribution in [0.25, 0.3) is 0 Å². The fourth-order valence-electron chi connectivity index (χ4n) is 1.59. The van der Waals surface area contributed by atoms with Crippen molar-refractivity contribution in [2.24, 2.45) is 11.1 Å². The Bertz CT molecular complexity index is 543. The summed E-state index contributed by atoms with van der Waals surface area (Å²) in [5, 5.41) is 4.93. The molecule has 0 aliphatic carbocycles. The number of halogens is 3. The molecule has 114 valence electrons. The Morgan fingerprint density at radius 2 is 2.00 bits per heavy atom. The standard InChI is InChI=1S/C12H16F3NO3S/c1-2-9(8-20(16,17)18)7-19-11-5-3-4-10(6-11)12(13,14)15/h3-6,9H,2,7-8H2,1H3,(H2,16,17,18). The van der Waals surface area contributed by atoms with Gasteiger partial charge in [-0.1, -0.05) is 13.0 Å². The third-order valence-electron chi connectivity index (χ3n) is 2.69. The van der Waals surface area contributed by atoms with E-state index < -0.39 is 21.8 Å². The molecule has 0 amide bonds. The topological polar surface area (TPSA) is 69.4 Å². The first-order valence-electron chi connectivity index (χ1n) is 5.92. The first-order valence-corrected chi connectivity index (χ1v) is 7.64. The molecule has 1 aromatic rings. The summed E-state index contributed by atoms with van der Waals surface area (Å²) in [6.45, 7) is 1.75. The third kappa shape index (κ3) is 5.79. The highest BCUT2D eigenvalue weighted by molar-refractivity contribution is 7.89. The van der Waals surface area contributed by atoms with Crippen molar-refractivity contribution in [2.45, 2.75) is 19.5 Å². The maximum atomic E-state index is 12.5. The lowest BCUT2D eigenvalue weighted by Gasteiger charge is -2.15. The van der Waals surface area contributed by atoms with Gasteiger partial charge in [0.05, 0.1) is 17.9 Å². The maximum Gasteiger partial charge on any atom is 0.416 e. The molecule has 1 aromatic carbocycles. The first-order chi connectivity index (χ1) is 9.12. The molecule has 1 rings (SSSR count). The molecule has 2 N–H and O–H groups in total. The van der Waals surface area contributed by atoms with Crippen LogP contribution in [0.1, 0.15) is 18.9 Å². The number of alkyl halides is 3. The summed E-state index contributed by atoms with van der Waals surface area (Å²) in [7, 11) is -3.63. The number of sulfonamides is 1. The highest BCUT2D eigenvalue weighted by atomic mass is 32.2. The van der Waals surface area contributed by atoms with Crippen LogP contribution in [0.2, 0.25) is 0 Å². The normalized spacial score (nSPS) is 14.1. The van der Waals surface area contributed by atoms with E-state index in [9.17, 15) is 21.6 Å². The Balaban J connectivity index is 2.69. The predicted molar refractivity (Wildman–Crippen MR) is 68.7 cm³/mol. The van der Waals surface area contributed by atoms with E-state index in [0.29, 0.717) is 6.42 Å². The molecular weight excluding hydrogens is 295 g/mol. The largest absolute Gasteiger partial charge is 0.493 e. The van der Waals surface area contributed by atoms with Crippen molar-refractivity contribution in [3.05, 3.63) is 29.8 Å². The molecule has 8 heteroatoms. The monoisotopic (exact) mass is 311 g/mol. The van der Waals surface area contributed by atoms with Crippen LogP contribution in [0, 0.1) is 5.92 Å². The van der Waals surface area contributed by atoms with Gasteiger partial charge in [0.1, 0.15) is 5.75 Å². The van der Waals surface area contributed by atoms with E-state index in [1.165, 1.54) is 12.1 Å². The fraction of sp³-hybridized carbons (Fsp3) is 0.500. The minimum atomic E-state index is -4.44. The smallest absolute Gasteiger partial charge is 0.416 e. The van der Waals surface area contributed by atoms with Crippen molar-refractivity contribution in [3.63, 3.8) is 0 Å². The van der Waals surface area contributed by atoms with Crippen molar-refractivity contribution in [2.75, 3.05) is 12.4 Å². The van der Waals surface area contributed by atoms with Gasteiger partial charge < -0.3 is 4.74 Å². The predicted octanol–water partition coefficient (Wildman–Crippen LogP) is 2.40. The lowest BCUT2D eigenvalue weighted by molar-refractivity contribution is -0.137. The van der Waals surface area contributed by atoms with E-state index in [0.717, 1.165) is 12.1 Å².